The number of aromatic nitrogens is 2. The van der Waals surface area contributed by atoms with E-state index < -0.39 is 0 Å². The standard InChI is InChI=1S/C16H15N3O2S/c1-20-12-8-9-14(21-2)13(10-12)15-18-19-16(22-15)17-11-6-4-3-5-7-11/h3-10H,1-2H3,(H,17,19). The Morgan fingerprint density at radius 1 is 0.955 bits per heavy atom. The molecule has 0 fully saturated rings. The lowest BCUT2D eigenvalue weighted by Gasteiger charge is -2.07. The summed E-state index contributed by atoms with van der Waals surface area (Å²) in [6.07, 6.45) is 0. The molecule has 112 valence electrons. The number of ether oxygens (including phenoxy) is 2. The molecule has 0 spiro atoms. The van der Waals surface area contributed by atoms with Gasteiger partial charge in [0.25, 0.3) is 0 Å². The molecule has 0 aliphatic heterocycles. The van der Waals surface area contributed by atoms with Crippen LogP contribution in [0, 0.1) is 0 Å². The van der Waals surface area contributed by atoms with E-state index in [1.54, 1.807) is 14.2 Å². The molecular weight excluding hydrogens is 298 g/mol. The Balaban J connectivity index is 1.90. The van der Waals surface area contributed by atoms with Gasteiger partial charge in [-0.15, -0.1) is 10.2 Å². The molecule has 0 amide bonds. The minimum absolute atomic E-state index is 0.728. The summed E-state index contributed by atoms with van der Waals surface area (Å²) in [5, 5.41) is 13.2. The second kappa shape index (κ2) is 6.44. The van der Waals surface area contributed by atoms with Crippen LogP contribution in [0.4, 0.5) is 10.8 Å². The lowest BCUT2D eigenvalue weighted by Crippen LogP contribution is -1.90. The van der Waals surface area contributed by atoms with Crippen LogP contribution in [0.15, 0.2) is 48.5 Å². The molecular formula is C16H15N3O2S. The fraction of sp³-hybridized carbons (Fsp3) is 0.125. The van der Waals surface area contributed by atoms with E-state index in [0.29, 0.717) is 0 Å². The Bertz CT molecular complexity index is 759. The number of nitrogens with zero attached hydrogens (tertiary/aromatic N) is 2. The predicted octanol–water partition coefficient (Wildman–Crippen LogP) is 3.97. The summed E-state index contributed by atoms with van der Waals surface area (Å²) in [4.78, 5) is 0. The lowest BCUT2D eigenvalue weighted by molar-refractivity contribution is 0.404. The van der Waals surface area contributed by atoms with Gasteiger partial charge in [0.2, 0.25) is 5.13 Å². The molecule has 1 heterocycles. The molecule has 6 heteroatoms. The number of hydrogen-bond acceptors (Lipinski definition) is 6. The molecule has 5 nitrogen and oxygen atoms in total. The number of nitrogens with one attached hydrogen (secondary N) is 1. The van der Waals surface area contributed by atoms with Gasteiger partial charge in [0, 0.05) is 5.69 Å². The van der Waals surface area contributed by atoms with Gasteiger partial charge in [-0.25, -0.2) is 0 Å². The molecule has 2 aromatic carbocycles. The predicted molar refractivity (Wildman–Crippen MR) is 88.2 cm³/mol. The first-order valence-corrected chi connectivity index (χ1v) is 7.50. The molecule has 1 aromatic heterocycles. The summed E-state index contributed by atoms with van der Waals surface area (Å²) >= 11 is 1.46. The maximum absolute atomic E-state index is 5.39. The van der Waals surface area contributed by atoms with Crippen molar-refractivity contribution in [1.29, 1.82) is 0 Å². The van der Waals surface area contributed by atoms with Crippen LogP contribution in [-0.2, 0) is 0 Å². The monoisotopic (exact) mass is 313 g/mol. The fourth-order valence-electron chi connectivity index (χ4n) is 2.01. The summed E-state index contributed by atoms with van der Waals surface area (Å²) in [6.45, 7) is 0. The summed E-state index contributed by atoms with van der Waals surface area (Å²) < 4.78 is 10.7. The lowest BCUT2D eigenvalue weighted by atomic mass is 10.2. The number of hydrogen-bond donors (Lipinski definition) is 1. The normalized spacial score (nSPS) is 10.3. The van der Waals surface area contributed by atoms with Crippen molar-refractivity contribution < 1.29 is 9.47 Å². The van der Waals surface area contributed by atoms with Crippen molar-refractivity contribution in [2.24, 2.45) is 0 Å². The Morgan fingerprint density at radius 2 is 1.77 bits per heavy atom. The number of para-hydroxylation sites is 1. The van der Waals surface area contributed by atoms with Crippen LogP contribution in [0.3, 0.4) is 0 Å². The molecule has 1 N–H and O–H groups in total. The Labute approximate surface area is 132 Å². The molecule has 0 atom stereocenters. The smallest absolute Gasteiger partial charge is 0.210 e. The van der Waals surface area contributed by atoms with Gasteiger partial charge in [-0.2, -0.15) is 0 Å². The van der Waals surface area contributed by atoms with Crippen molar-refractivity contribution in [1.82, 2.24) is 10.2 Å². The SMILES string of the molecule is COc1ccc(OC)c(-c2nnc(Nc3ccccc3)s2)c1. The molecule has 0 radical (unpaired) electrons. The zero-order valence-corrected chi connectivity index (χ0v) is 13.1. The number of benzene rings is 2. The van der Waals surface area contributed by atoms with Gasteiger partial charge in [-0.05, 0) is 30.3 Å². The number of rotatable bonds is 5. The van der Waals surface area contributed by atoms with E-state index in [0.717, 1.165) is 32.9 Å². The van der Waals surface area contributed by atoms with Gasteiger partial charge in [-0.1, -0.05) is 29.5 Å². The van der Waals surface area contributed by atoms with Crippen LogP contribution in [0.2, 0.25) is 0 Å². The summed E-state index contributed by atoms with van der Waals surface area (Å²) in [7, 11) is 3.27. The van der Waals surface area contributed by atoms with Crippen LogP contribution >= 0.6 is 11.3 Å². The summed E-state index contributed by atoms with van der Waals surface area (Å²) in [6, 6.07) is 15.5. The molecule has 0 saturated heterocycles. The summed E-state index contributed by atoms with van der Waals surface area (Å²) in [5.74, 6) is 1.49. The molecule has 0 saturated carbocycles. The third-order valence-electron chi connectivity index (χ3n) is 3.09. The second-order valence-corrected chi connectivity index (χ2v) is 5.45. The van der Waals surface area contributed by atoms with Crippen molar-refractivity contribution in [3.05, 3.63) is 48.5 Å². The number of anilines is 2. The van der Waals surface area contributed by atoms with Gasteiger partial charge >= 0.3 is 0 Å². The minimum atomic E-state index is 0.728. The van der Waals surface area contributed by atoms with E-state index >= 15 is 0 Å². The average Bonchev–Trinajstić information content (AvgIpc) is 3.03. The van der Waals surface area contributed by atoms with Crippen molar-refractivity contribution >= 4 is 22.2 Å². The molecule has 0 aliphatic rings. The van der Waals surface area contributed by atoms with E-state index in [9.17, 15) is 0 Å². The van der Waals surface area contributed by atoms with Crippen LogP contribution in [0.25, 0.3) is 10.6 Å². The third kappa shape index (κ3) is 3.01. The highest BCUT2D eigenvalue weighted by Gasteiger charge is 2.13. The first-order valence-electron chi connectivity index (χ1n) is 6.68. The average molecular weight is 313 g/mol. The molecule has 3 rings (SSSR count). The molecule has 0 aliphatic carbocycles. The maximum atomic E-state index is 5.39. The van der Waals surface area contributed by atoms with Crippen molar-refractivity contribution in [3.8, 4) is 22.1 Å². The largest absolute Gasteiger partial charge is 0.497 e. The number of methoxy groups -OCH3 is 2. The van der Waals surface area contributed by atoms with Crippen molar-refractivity contribution in [3.63, 3.8) is 0 Å². The van der Waals surface area contributed by atoms with E-state index in [-0.39, 0.29) is 0 Å². The van der Waals surface area contributed by atoms with Gasteiger partial charge in [0.1, 0.15) is 11.5 Å². The first kappa shape index (κ1) is 14.3. The third-order valence-corrected chi connectivity index (χ3v) is 3.96. The zero-order chi connectivity index (χ0) is 15.4. The highest BCUT2D eigenvalue weighted by Crippen LogP contribution is 2.36. The maximum Gasteiger partial charge on any atom is 0.210 e. The van der Waals surface area contributed by atoms with E-state index in [1.807, 2.05) is 48.5 Å². The topological polar surface area (TPSA) is 56.3 Å². The van der Waals surface area contributed by atoms with Crippen LogP contribution in [0.1, 0.15) is 0 Å². The minimum Gasteiger partial charge on any atom is -0.497 e. The van der Waals surface area contributed by atoms with Crippen LogP contribution in [0.5, 0.6) is 11.5 Å². The second-order valence-electron chi connectivity index (χ2n) is 4.47. The van der Waals surface area contributed by atoms with Gasteiger partial charge in [-0.3, -0.25) is 0 Å². The zero-order valence-electron chi connectivity index (χ0n) is 12.2. The molecule has 3 aromatic rings. The van der Waals surface area contributed by atoms with Crippen LogP contribution < -0.4 is 14.8 Å². The van der Waals surface area contributed by atoms with Crippen molar-refractivity contribution in [2.45, 2.75) is 0 Å². The van der Waals surface area contributed by atoms with Gasteiger partial charge in [0.05, 0.1) is 19.8 Å². The van der Waals surface area contributed by atoms with E-state index in [2.05, 4.69) is 15.5 Å². The molecule has 22 heavy (non-hydrogen) atoms. The highest BCUT2D eigenvalue weighted by atomic mass is 32.1. The van der Waals surface area contributed by atoms with Gasteiger partial charge in [0.15, 0.2) is 5.01 Å². The van der Waals surface area contributed by atoms with Gasteiger partial charge < -0.3 is 14.8 Å². The first-order chi connectivity index (χ1) is 10.8. The van der Waals surface area contributed by atoms with Crippen molar-refractivity contribution in [2.75, 3.05) is 19.5 Å². The molecule has 0 bridgehead atoms. The summed E-state index contributed by atoms with van der Waals surface area (Å²) in [5.41, 5.74) is 1.84. The fourth-order valence-corrected chi connectivity index (χ4v) is 2.79. The Hall–Kier alpha value is -2.60. The Morgan fingerprint density at radius 3 is 2.50 bits per heavy atom. The van der Waals surface area contributed by atoms with Crippen LogP contribution in [-0.4, -0.2) is 24.4 Å². The molecule has 0 unspecified atom stereocenters. The Kier molecular flexibility index (Phi) is 4.20. The highest BCUT2D eigenvalue weighted by molar-refractivity contribution is 7.18. The van der Waals surface area contributed by atoms with E-state index in [1.165, 1.54) is 11.3 Å². The van der Waals surface area contributed by atoms with E-state index in [4.69, 9.17) is 9.47 Å². The quantitative estimate of drug-likeness (QED) is 0.772.